The molecule has 1 saturated heterocycles. The molecule has 4 N–H and O–H groups in total. The Hall–Kier alpha value is -1.49. The summed E-state index contributed by atoms with van der Waals surface area (Å²) in [7, 11) is -2.54. The predicted molar refractivity (Wildman–Crippen MR) is 105 cm³/mol. The second-order valence-electron chi connectivity index (χ2n) is 6.77. The summed E-state index contributed by atoms with van der Waals surface area (Å²) in [6.07, 6.45) is 7.43. The van der Waals surface area contributed by atoms with Crippen LogP contribution in [0.15, 0.2) is 30.9 Å². The highest BCUT2D eigenvalue weighted by Gasteiger charge is 2.32. The van der Waals surface area contributed by atoms with Crippen LogP contribution < -0.4 is 10.7 Å². The van der Waals surface area contributed by atoms with Crippen molar-refractivity contribution in [3.05, 3.63) is 41.5 Å². The molecule has 10 heteroatoms. The van der Waals surface area contributed by atoms with Crippen LogP contribution in [0, 0.1) is 0 Å². The summed E-state index contributed by atoms with van der Waals surface area (Å²) < 4.78 is 22.4. The Balaban J connectivity index is 1.76. The fraction of sp³-hybridized carbons (Fsp3) is 0.438. The molecular weight excluding hydrogens is 376 g/mol. The van der Waals surface area contributed by atoms with Crippen LogP contribution in [-0.4, -0.2) is 59.3 Å². The molecule has 0 aliphatic carbocycles. The highest BCUT2D eigenvalue weighted by Crippen LogP contribution is 2.47. The Morgan fingerprint density at radius 3 is 2.92 bits per heavy atom. The molecule has 8 nitrogen and oxygen atoms in total. The maximum absolute atomic E-state index is 10.2. The minimum atomic E-state index is -2.54. The summed E-state index contributed by atoms with van der Waals surface area (Å²) in [6, 6.07) is 1.95. The Labute approximate surface area is 158 Å². The van der Waals surface area contributed by atoms with E-state index in [2.05, 4.69) is 9.88 Å². The topological polar surface area (TPSA) is 93.5 Å². The van der Waals surface area contributed by atoms with Crippen LogP contribution in [0.5, 0.6) is 0 Å². The van der Waals surface area contributed by atoms with Gasteiger partial charge in [-0.25, -0.2) is 4.98 Å². The number of pyridine rings is 1. The average Bonchev–Trinajstić information content (AvgIpc) is 3.21. The Kier molecular flexibility index (Phi) is 4.54. The van der Waals surface area contributed by atoms with E-state index in [1.54, 1.807) is 17.6 Å². The van der Waals surface area contributed by atoms with Gasteiger partial charge in [0.15, 0.2) is 0 Å². The molecule has 1 unspecified atom stereocenters. The maximum atomic E-state index is 10.2. The number of hydrogen-bond acceptors (Lipinski definition) is 7. The van der Waals surface area contributed by atoms with Crippen molar-refractivity contribution in [2.75, 3.05) is 30.3 Å². The van der Waals surface area contributed by atoms with E-state index in [9.17, 15) is 9.11 Å². The van der Waals surface area contributed by atoms with Crippen molar-refractivity contribution < 1.29 is 9.11 Å². The van der Waals surface area contributed by atoms with E-state index in [1.807, 2.05) is 34.7 Å². The minimum absolute atomic E-state index is 0.198. The number of hydrogen-bond donors (Lipinski definition) is 3. The zero-order valence-electron chi connectivity index (χ0n) is 14.5. The zero-order chi connectivity index (χ0) is 18.5. The van der Waals surface area contributed by atoms with Gasteiger partial charge in [0.05, 0.1) is 40.8 Å². The van der Waals surface area contributed by atoms with E-state index >= 15 is 0 Å². The lowest BCUT2D eigenvalue weighted by molar-refractivity contribution is 0.0440. The van der Waals surface area contributed by atoms with Crippen molar-refractivity contribution in [2.24, 2.45) is 5.84 Å². The van der Waals surface area contributed by atoms with Gasteiger partial charge in [-0.05, 0) is 19.1 Å². The van der Waals surface area contributed by atoms with E-state index in [4.69, 9.17) is 17.4 Å². The lowest BCUT2D eigenvalue weighted by atomic mass is 10.2. The van der Waals surface area contributed by atoms with Gasteiger partial charge < -0.3 is 4.90 Å². The quantitative estimate of drug-likeness (QED) is 0.683. The number of anilines is 1. The Bertz CT molecular complexity index is 857. The minimum Gasteiger partial charge on any atom is -0.354 e. The first-order valence-electron chi connectivity index (χ1n) is 8.45. The van der Waals surface area contributed by atoms with E-state index in [0.717, 1.165) is 16.9 Å². The van der Waals surface area contributed by atoms with Crippen LogP contribution in [0.25, 0.3) is 5.52 Å². The molecule has 0 radical (unpaired) electrons. The van der Waals surface area contributed by atoms with E-state index < -0.39 is 10.6 Å². The van der Waals surface area contributed by atoms with E-state index in [1.165, 1.54) is 0 Å². The number of aromatic nitrogens is 2. The van der Waals surface area contributed by atoms with Crippen molar-refractivity contribution in [1.82, 2.24) is 19.5 Å². The van der Waals surface area contributed by atoms with Gasteiger partial charge in [0.25, 0.3) is 0 Å². The molecule has 4 heterocycles. The van der Waals surface area contributed by atoms with Gasteiger partial charge in [-0.15, -0.1) is 0 Å². The van der Waals surface area contributed by atoms with Gasteiger partial charge in [-0.3, -0.25) is 24.4 Å². The van der Waals surface area contributed by atoms with Crippen molar-refractivity contribution in [3.8, 4) is 0 Å². The Morgan fingerprint density at radius 1 is 1.42 bits per heavy atom. The molecule has 0 spiro atoms. The number of hydrazine groups is 2. The smallest absolute Gasteiger partial charge is 0.119 e. The van der Waals surface area contributed by atoms with Crippen molar-refractivity contribution in [2.45, 2.75) is 18.7 Å². The molecule has 2 aromatic heterocycles. The third kappa shape index (κ3) is 3.04. The molecule has 4 rings (SSSR count). The van der Waals surface area contributed by atoms with E-state index in [0.29, 0.717) is 37.0 Å². The second-order valence-corrected chi connectivity index (χ2v) is 9.83. The third-order valence-electron chi connectivity index (χ3n) is 5.01. The van der Waals surface area contributed by atoms with Gasteiger partial charge in [0.1, 0.15) is 12.1 Å². The van der Waals surface area contributed by atoms with Crippen molar-refractivity contribution >= 4 is 33.5 Å². The first-order valence-corrected chi connectivity index (χ1v) is 10.6. The lowest BCUT2D eigenvalue weighted by Crippen LogP contribution is -2.45. The number of nitrogens with zero attached hydrogens (tertiary/aromatic N) is 5. The lowest BCUT2D eigenvalue weighted by Gasteiger charge is -2.47. The first-order chi connectivity index (χ1) is 12.4. The molecular formula is C16H23ClN6O2S. The van der Waals surface area contributed by atoms with Crippen molar-refractivity contribution in [1.29, 1.82) is 0 Å². The number of nitrogens with two attached hydrogens (primary N) is 1. The predicted octanol–water partition coefficient (Wildman–Crippen LogP) is 2.37. The SMILES string of the molecule is CC1CN(c2c(CN3C=CCN3N)cc(Cl)c3cncn23)CCS1(O)O. The van der Waals surface area contributed by atoms with Gasteiger partial charge in [0.2, 0.25) is 0 Å². The summed E-state index contributed by atoms with van der Waals surface area (Å²) in [5.41, 5.74) is 1.84. The summed E-state index contributed by atoms with van der Waals surface area (Å²) in [4.78, 5) is 6.43. The molecule has 0 bridgehead atoms. The monoisotopic (exact) mass is 398 g/mol. The summed E-state index contributed by atoms with van der Waals surface area (Å²) >= 11 is 6.47. The standard InChI is InChI=1S/C16H23ClN6O2S/c1-12-9-20(5-6-26(12,24)25)16-13(10-21-3-2-4-23(21)18)7-14(17)15-8-19-11-22(15)16/h2-3,7-8,11-12,24-25H,4-6,9-10,18H2,1H3. The van der Waals surface area contributed by atoms with Gasteiger partial charge in [-0.1, -0.05) is 11.6 Å². The molecule has 0 aromatic carbocycles. The average molecular weight is 399 g/mol. The molecule has 142 valence electrons. The van der Waals surface area contributed by atoms with Gasteiger partial charge >= 0.3 is 0 Å². The van der Waals surface area contributed by atoms with Gasteiger partial charge in [0, 0.05) is 24.9 Å². The van der Waals surface area contributed by atoms with Crippen LogP contribution in [0.2, 0.25) is 5.02 Å². The molecule has 26 heavy (non-hydrogen) atoms. The normalized spacial score (nSPS) is 24.6. The number of fused-ring (bicyclic) bond motifs is 1. The second kappa shape index (κ2) is 6.59. The Morgan fingerprint density at radius 2 is 2.23 bits per heavy atom. The number of rotatable bonds is 3. The first kappa shape index (κ1) is 17.9. The fourth-order valence-electron chi connectivity index (χ4n) is 3.50. The number of halogens is 1. The molecule has 0 amide bonds. The summed E-state index contributed by atoms with van der Waals surface area (Å²) in [6.45, 7) is 4.24. The van der Waals surface area contributed by atoms with E-state index in [-0.39, 0.29) is 5.25 Å². The molecule has 1 atom stereocenters. The number of imidazole rings is 1. The fourth-order valence-corrected chi connectivity index (χ4v) is 5.08. The largest absolute Gasteiger partial charge is 0.354 e. The summed E-state index contributed by atoms with van der Waals surface area (Å²) in [5.74, 6) is 7.34. The van der Waals surface area contributed by atoms with Crippen LogP contribution >= 0.6 is 22.2 Å². The van der Waals surface area contributed by atoms with Crippen LogP contribution in [-0.2, 0) is 6.54 Å². The third-order valence-corrected chi connectivity index (χ3v) is 7.54. The molecule has 2 aliphatic rings. The molecule has 2 aromatic rings. The zero-order valence-corrected chi connectivity index (χ0v) is 16.1. The highest BCUT2D eigenvalue weighted by molar-refractivity contribution is 8.24. The van der Waals surface area contributed by atoms with Crippen LogP contribution in [0.1, 0.15) is 12.5 Å². The summed E-state index contributed by atoms with van der Waals surface area (Å²) in [5, 5.41) is 4.00. The molecule has 0 saturated carbocycles. The van der Waals surface area contributed by atoms with Crippen LogP contribution in [0.3, 0.4) is 0 Å². The van der Waals surface area contributed by atoms with Gasteiger partial charge in [-0.2, -0.15) is 15.7 Å². The molecule has 1 fully saturated rings. The van der Waals surface area contributed by atoms with Crippen molar-refractivity contribution in [3.63, 3.8) is 0 Å². The molecule has 2 aliphatic heterocycles. The highest BCUT2D eigenvalue weighted by atomic mass is 35.5. The maximum Gasteiger partial charge on any atom is 0.119 e. The van der Waals surface area contributed by atoms with Crippen LogP contribution in [0.4, 0.5) is 5.82 Å².